The number of ether oxygens (including phenoxy) is 2. The van der Waals surface area contributed by atoms with Gasteiger partial charge >= 0.3 is 6.03 Å². The van der Waals surface area contributed by atoms with Gasteiger partial charge in [-0.05, 0) is 30.5 Å². The summed E-state index contributed by atoms with van der Waals surface area (Å²) in [6.45, 7) is 0.981. The van der Waals surface area contributed by atoms with Crippen molar-refractivity contribution in [1.82, 2.24) is 10.2 Å². The van der Waals surface area contributed by atoms with E-state index >= 15 is 0 Å². The highest BCUT2D eigenvalue weighted by atomic mass is 16.5. The van der Waals surface area contributed by atoms with Crippen molar-refractivity contribution in [1.29, 1.82) is 0 Å². The van der Waals surface area contributed by atoms with Gasteiger partial charge in [0.15, 0.2) is 0 Å². The third-order valence-corrected chi connectivity index (χ3v) is 4.77. The van der Waals surface area contributed by atoms with Gasteiger partial charge in [-0.3, -0.25) is 4.79 Å². The lowest BCUT2D eigenvalue weighted by molar-refractivity contribution is -0.119. The number of benzene rings is 2. The van der Waals surface area contributed by atoms with E-state index in [-0.39, 0.29) is 11.9 Å². The summed E-state index contributed by atoms with van der Waals surface area (Å²) in [6.07, 6.45) is 1.42. The van der Waals surface area contributed by atoms with Gasteiger partial charge < -0.3 is 25.0 Å². The number of nitrogens with zero attached hydrogens (tertiary/aromatic N) is 1. The highest BCUT2D eigenvalue weighted by molar-refractivity contribution is 5.98. The maximum atomic E-state index is 12.8. The largest absolute Gasteiger partial charge is 0.497 e. The number of anilines is 1. The van der Waals surface area contributed by atoms with Crippen LogP contribution in [0.3, 0.4) is 0 Å². The second-order valence-corrected chi connectivity index (χ2v) is 6.55. The van der Waals surface area contributed by atoms with Crippen molar-refractivity contribution in [3.63, 3.8) is 0 Å². The Labute approximate surface area is 164 Å². The minimum atomic E-state index is -0.511. The van der Waals surface area contributed by atoms with Crippen molar-refractivity contribution in [3.05, 3.63) is 54.1 Å². The first-order chi connectivity index (χ1) is 13.6. The SMILES string of the molecule is COc1ccc(NC(=O)[C@@H]2CCCN2C(=O)NCc2ccccc2)c(OC)c1. The molecule has 2 aromatic rings. The molecule has 1 fully saturated rings. The molecule has 0 aromatic heterocycles. The number of carbonyl (C=O) groups is 2. The number of rotatable bonds is 6. The van der Waals surface area contributed by atoms with Crippen LogP contribution in [0.2, 0.25) is 0 Å². The molecular formula is C21H25N3O4. The van der Waals surface area contributed by atoms with Crippen LogP contribution >= 0.6 is 0 Å². The zero-order valence-electron chi connectivity index (χ0n) is 16.1. The molecule has 148 valence electrons. The van der Waals surface area contributed by atoms with E-state index in [0.717, 1.165) is 12.0 Å². The van der Waals surface area contributed by atoms with E-state index in [1.807, 2.05) is 30.3 Å². The van der Waals surface area contributed by atoms with E-state index < -0.39 is 6.04 Å². The lowest BCUT2D eigenvalue weighted by Gasteiger charge is -2.24. The van der Waals surface area contributed by atoms with Crippen LogP contribution in [-0.2, 0) is 11.3 Å². The molecule has 1 heterocycles. The van der Waals surface area contributed by atoms with Gasteiger partial charge in [0, 0.05) is 19.2 Å². The molecule has 2 N–H and O–H groups in total. The average molecular weight is 383 g/mol. The van der Waals surface area contributed by atoms with E-state index in [4.69, 9.17) is 9.47 Å². The summed E-state index contributed by atoms with van der Waals surface area (Å²) in [5.41, 5.74) is 1.56. The van der Waals surface area contributed by atoms with Crippen LogP contribution in [0.4, 0.5) is 10.5 Å². The summed E-state index contributed by atoms with van der Waals surface area (Å²) >= 11 is 0. The molecule has 0 saturated carbocycles. The van der Waals surface area contributed by atoms with Crippen molar-refractivity contribution in [2.45, 2.75) is 25.4 Å². The number of carbonyl (C=O) groups excluding carboxylic acids is 2. The third kappa shape index (κ3) is 4.54. The Hall–Kier alpha value is -3.22. The Morgan fingerprint density at radius 3 is 2.61 bits per heavy atom. The maximum absolute atomic E-state index is 12.8. The van der Waals surface area contributed by atoms with Crippen molar-refractivity contribution in [2.75, 3.05) is 26.1 Å². The first kappa shape index (κ1) is 19.5. The normalized spacial score (nSPS) is 15.8. The fourth-order valence-corrected chi connectivity index (χ4v) is 3.28. The van der Waals surface area contributed by atoms with Gasteiger partial charge in [0.25, 0.3) is 0 Å². The topological polar surface area (TPSA) is 79.9 Å². The molecule has 0 unspecified atom stereocenters. The zero-order chi connectivity index (χ0) is 19.9. The Kier molecular flexibility index (Phi) is 6.37. The molecule has 3 rings (SSSR count). The molecule has 7 heteroatoms. The van der Waals surface area contributed by atoms with Gasteiger partial charge in [-0.1, -0.05) is 30.3 Å². The van der Waals surface area contributed by atoms with Gasteiger partial charge in [-0.2, -0.15) is 0 Å². The van der Waals surface area contributed by atoms with Gasteiger partial charge in [0.2, 0.25) is 5.91 Å². The van der Waals surface area contributed by atoms with E-state index in [1.54, 1.807) is 30.2 Å². The lowest BCUT2D eigenvalue weighted by atomic mass is 10.2. The summed E-state index contributed by atoms with van der Waals surface area (Å²) in [6, 6.07) is 14.1. The van der Waals surface area contributed by atoms with E-state index in [9.17, 15) is 9.59 Å². The minimum Gasteiger partial charge on any atom is -0.497 e. The molecule has 7 nitrogen and oxygen atoms in total. The first-order valence-electron chi connectivity index (χ1n) is 9.23. The molecule has 28 heavy (non-hydrogen) atoms. The van der Waals surface area contributed by atoms with Gasteiger partial charge in [0.1, 0.15) is 17.5 Å². The number of amides is 3. The monoisotopic (exact) mass is 383 g/mol. The summed E-state index contributed by atoms with van der Waals surface area (Å²) < 4.78 is 10.5. The Morgan fingerprint density at radius 1 is 1.11 bits per heavy atom. The van der Waals surface area contributed by atoms with Crippen LogP contribution in [0.15, 0.2) is 48.5 Å². The molecule has 1 atom stereocenters. The van der Waals surface area contributed by atoms with Crippen molar-refractivity contribution in [2.24, 2.45) is 0 Å². The molecule has 0 aliphatic carbocycles. The minimum absolute atomic E-state index is 0.226. The summed E-state index contributed by atoms with van der Waals surface area (Å²) in [4.78, 5) is 27.0. The van der Waals surface area contributed by atoms with Gasteiger partial charge in [-0.25, -0.2) is 4.79 Å². The van der Waals surface area contributed by atoms with Crippen molar-refractivity contribution in [3.8, 4) is 11.5 Å². The molecule has 1 aliphatic rings. The predicted molar refractivity (Wildman–Crippen MR) is 107 cm³/mol. The third-order valence-electron chi connectivity index (χ3n) is 4.77. The fraction of sp³-hybridized carbons (Fsp3) is 0.333. The van der Waals surface area contributed by atoms with Gasteiger partial charge in [-0.15, -0.1) is 0 Å². The summed E-state index contributed by atoms with van der Waals surface area (Å²) in [5.74, 6) is 0.916. The summed E-state index contributed by atoms with van der Waals surface area (Å²) in [5, 5.41) is 5.77. The van der Waals surface area contributed by atoms with Crippen molar-refractivity contribution < 1.29 is 19.1 Å². The van der Waals surface area contributed by atoms with Gasteiger partial charge in [0.05, 0.1) is 19.9 Å². The Balaban J connectivity index is 1.63. The Bertz CT molecular complexity index is 826. The lowest BCUT2D eigenvalue weighted by Crippen LogP contribution is -2.47. The molecule has 0 radical (unpaired) electrons. The maximum Gasteiger partial charge on any atom is 0.318 e. The van der Waals surface area contributed by atoms with E-state index in [2.05, 4.69) is 10.6 Å². The number of hydrogen-bond donors (Lipinski definition) is 2. The number of urea groups is 1. The van der Waals surface area contributed by atoms with E-state index in [0.29, 0.717) is 36.7 Å². The smallest absolute Gasteiger partial charge is 0.318 e. The number of likely N-dealkylation sites (tertiary alicyclic amines) is 1. The van der Waals surface area contributed by atoms with Crippen LogP contribution in [0, 0.1) is 0 Å². The quantitative estimate of drug-likeness (QED) is 0.804. The Morgan fingerprint density at radius 2 is 1.89 bits per heavy atom. The molecular weight excluding hydrogens is 358 g/mol. The molecule has 1 aliphatic heterocycles. The van der Waals surface area contributed by atoms with Crippen LogP contribution in [0.5, 0.6) is 11.5 Å². The summed E-state index contributed by atoms with van der Waals surface area (Å²) in [7, 11) is 3.10. The highest BCUT2D eigenvalue weighted by Crippen LogP contribution is 2.30. The van der Waals surface area contributed by atoms with Crippen molar-refractivity contribution >= 4 is 17.6 Å². The second-order valence-electron chi connectivity index (χ2n) is 6.55. The standard InChI is InChI=1S/C21H25N3O4/c1-27-16-10-11-17(19(13-16)28-2)23-20(25)18-9-6-12-24(18)21(26)22-14-15-7-4-3-5-8-15/h3-5,7-8,10-11,13,18H,6,9,12,14H2,1-2H3,(H,22,26)(H,23,25)/t18-/m0/s1. The molecule has 2 aromatic carbocycles. The molecule has 0 spiro atoms. The van der Waals surface area contributed by atoms with Crippen LogP contribution in [0.25, 0.3) is 0 Å². The predicted octanol–water partition coefficient (Wildman–Crippen LogP) is 3.02. The number of nitrogens with one attached hydrogen (secondary N) is 2. The van der Waals surface area contributed by atoms with Crippen LogP contribution in [0.1, 0.15) is 18.4 Å². The highest BCUT2D eigenvalue weighted by Gasteiger charge is 2.34. The fourth-order valence-electron chi connectivity index (χ4n) is 3.28. The van der Waals surface area contributed by atoms with E-state index in [1.165, 1.54) is 7.11 Å². The van der Waals surface area contributed by atoms with Crippen LogP contribution in [-0.4, -0.2) is 43.6 Å². The second kappa shape index (κ2) is 9.12. The number of methoxy groups -OCH3 is 2. The molecule has 1 saturated heterocycles. The first-order valence-corrected chi connectivity index (χ1v) is 9.23. The number of hydrogen-bond acceptors (Lipinski definition) is 4. The molecule has 0 bridgehead atoms. The molecule has 3 amide bonds. The zero-order valence-corrected chi connectivity index (χ0v) is 16.1. The average Bonchev–Trinajstić information content (AvgIpc) is 3.23. The van der Waals surface area contributed by atoms with Crippen LogP contribution < -0.4 is 20.1 Å².